The Labute approximate surface area is 171 Å². The van der Waals surface area contributed by atoms with Crippen molar-refractivity contribution >= 4 is 31.9 Å². The highest BCUT2D eigenvalue weighted by atomic mass is 79.9. The van der Waals surface area contributed by atoms with Crippen molar-refractivity contribution in [2.24, 2.45) is 0 Å². The van der Waals surface area contributed by atoms with Crippen molar-refractivity contribution in [1.29, 1.82) is 0 Å². The SMILES string of the molecule is CCOc1ccc(Br)cc1S(=O)(=O)NC(=O)c1cc(C)n(-c2ccccc2)n1. The highest BCUT2D eigenvalue weighted by Gasteiger charge is 2.25. The zero-order chi connectivity index (χ0) is 20.3. The molecule has 3 rings (SSSR count). The molecule has 7 nitrogen and oxygen atoms in total. The van der Waals surface area contributed by atoms with Crippen molar-refractivity contribution in [2.45, 2.75) is 18.7 Å². The normalized spacial score (nSPS) is 11.2. The van der Waals surface area contributed by atoms with E-state index >= 15 is 0 Å². The largest absolute Gasteiger partial charge is 0.492 e. The molecule has 0 aliphatic heterocycles. The van der Waals surface area contributed by atoms with E-state index in [9.17, 15) is 13.2 Å². The van der Waals surface area contributed by atoms with Crippen molar-refractivity contribution in [1.82, 2.24) is 14.5 Å². The molecular formula is C19H18BrN3O4S. The van der Waals surface area contributed by atoms with E-state index in [0.717, 1.165) is 5.69 Å². The van der Waals surface area contributed by atoms with Gasteiger partial charge in [-0.25, -0.2) is 17.8 Å². The molecule has 0 spiro atoms. The van der Waals surface area contributed by atoms with E-state index < -0.39 is 15.9 Å². The zero-order valence-corrected chi connectivity index (χ0v) is 17.6. The first-order valence-electron chi connectivity index (χ1n) is 8.43. The van der Waals surface area contributed by atoms with Gasteiger partial charge in [-0.1, -0.05) is 34.1 Å². The molecule has 0 saturated heterocycles. The summed E-state index contributed by atoms with van der Waals surface area (Å²) in [6.45, 7) is 3.82. The van der Waals surface area contributed by atoms with E-state index in [2.05, 4.69) is 25.8 Å². The molecule has 0 unspecified atom stereocenters. The second kappa shape index (κ2) is 8.15. The molecule has 0 atom stereocenters. The third kappa shape index (κ3) is 4.26. The minimum atomic E-state index is -4.16. The van der Waals surface area contributed by atoms with E-state index in [0.29, 0.717) is 16.8 Å². The Balaban J connectivity index is 1.90. The smallest absolute Gasteiger partial charge is 0.285 e. The van der Waals surface area contributed by atoms with Gasteiger partial charge >= 0.3 is 0 Å². The molecule has 0 radical (unpaired) electrons. The number of benzene rings is 2. The molecule has 0 aliphatic rings. The summed E-state index contributed by atoms with van der Waals surface area (Å²) in [6, 6.07) is 15.4. The maximum absolute atomic E-state index is 12.8. The van der Waals surface area contributed by atoms with Gasteiger partial charge in [0.05, 0.1) is 12.3 Å². The molecule has 1 amide bonds. The highest BCUT2D eigenvalue weighted by molar-refractivity contribution is 9.10. The van der Waals surface area contributed by atoms with Crippen LogP contribution in [0.5, 0.6) is 5.75 Å². The molecule has 1 aromatic heterocycles. The Morgan fingerprint density at radius 3 is 2.57 bits per heavy atom. The van der Waals surface area contributed by atoms with Gasteiger partial charge in [-0.15, -0.1) is 0 Å². The number of carbonyl (C=O) groups excluding carboxylic acids is 1. The van der Waals surface area contributed by atoms with Crippen LogP contribution in [0.15, 0.2) is 64.0 Å². The van der Waals surface area contributed by atoms with Gasteiger partial charge in [-0.3, -0.25) is 4.79 Å². The van der Waals surface area contributed by atoms with Gasteiger partial charge in [0, 0.05) is 10.2 Å². The number of nitrogens with one attached hydrogen (secondary N) is 1. The Morgan fingerprint density at radius 1 is 1.18 bits per heavy atom. The third-order valence-corrected chi connectivity index (χ3v) is 5.69. The lowest BCUT2D eigenvalue weighted by molar-refractivity contribution is 0.0976. The van der Waals surface area contributed by atoms with Crippen LogP contribution in [0.1, 0.15) is 23.1 Å². The standard InChI is InChI=1S/C19H18BrN3O4S/c1-3-27-17-10-9-14(20)12-18(17)28(25,26)22-19(24)16-11-13(2)23(21-16)15-7-5-4-6-8-15/h4-12H,3H2,1-2H3,(H,22,24). The van der Waals surface area contributed by atoms with Crippen LogP contribution in [0, 0.1) is 6.92 Å². The first-order valence-corrected chi connectivity index (χ1v) is 10.7. The molecular weight excluding hydrogens is 446 g/mol. The minimum Gasteiger partial charge on any atom is -0.492 e. The highest BCUT2D eigenvalue weighted by Crippen LogP contribution is 2.27. The number of hydrogen-bond donors (Lipinski definition) is 1. The number of ether oxygens (including phenoxy) is 1. The fourth-order valence-corrected chi connectivity index (χ4v) is 4.26. The Kier molecular flexibility index (Phi) is 5.85. The quantitative estimate of drug-likeness (QED) is 0.604. The molecule has 1 N–H and O–H groups in total. The number of sulfonamides is 1. The molecule has 9 heteroatoms. The predicted octanol–water partition coefficient (Wildman–Crippen LogP) is 3.46. The number of nitrogens with zero attached hydrogens (tertiary/aromatic N) is 2. The number of halogens is 1. The van der Waals surface area contributed by atoms with Crippen LogP contribution in [-0.2, 0) is 10.0 Å². The van der Waals surface area contributed by atoms with Crippen LogP contribution in [0.3, 0.4) is 0 Å². The molecule has 28 heavy (non-hydrogen) atoms. The first kappa shape index (κ1) is 20.1. The number of aromatic nitrogens is 2. The van der Waals surface area contributed by atoms with Gasteiger partial charge in [0.1, 0.15) is 10.6 Å². The van der Waals surface area contributed by atoms with E-state index in [-0.39, 0.29) is 16.3 Å². The van der Waals surface area contributed by atoms with Gasteiger partial charge < -0.3 is 4.74 Å². The molecule has 2 aromatic carbocycles. The minimum absolute atomic E-state index is 0.00196. The van der Waals surface area contributed by atoms with E-state index in [1.807, 2.05) is 30.3 Å². The van der Waals surface area contributed by atoms with Gasteiger partial charge in [-0.05, 0) is 50.2 Å². The molecule has 0 aliphatic carbocycles. The lowest BCUT2D eigenvalue weighted by atomic mass is 10.3. The van der Waals surface area contributed by atoms with Crippen molar-refractivity contribution in [3.05, 3.63) is 70.5 Å². The Hall–Kier alpha value is -2.65. The number of para-hydroxylation sites is 1. The van der Waals surface area contributed by atoms with Crippen LogP contribution < -0.4 is 9.46 Å². The maximum atomic E-state index is 12.8. The van der Waals surface area contributed by atoms with Gasteiger partial charge in [0.15, 0.2) is 5.69 Å². The number of amides is 1. The van der Waals surface area contributed by atoms with Crippen molar-refractivity contribution < 1.29 is 17.9 Å². The number of hydrogen-bond acceptors (Lipinski definition) is 5. The lowest BCUT2D eigenvalue weighted by Crippen LogP contribution is -2.31. The van der Waals surface area contributed by atoms with Crippen LogP contribution in [-0.4, -0.2) is 30.7 Å². The van der Waals surface area contributed by atoms with Crippen LogP contribution >= 0.6 is 15.9 Å². The second-order valence-corrected chi connectivity index (χ2v) is 8.44. The number of rotatable bonds is 6. The summed E-state index contributed by atoms with van der Waals surface area (Å²) in [4.78, 5) is 12.4. The van der Waals surface area contributed by atoms with Crippen molar-refractivity contribution in [3.8, 4) is 11.4 Å². The van der Waals surface area contributed by atoms with E-state index in [4.69, 9.17) is 4.74 Å². The zero-order valence-electron chi connectivity index (χ0n) is 15.2. The predicted molar refractivity (Wildman–Crippen MR) is 108 cm³/mol. The summed E-state index contributed by atoms with van der Waals surface area (Å²) in [5, 5.41) is 4.23. The summed E-state index contributed by atoms with van der Waals surface area (Å²) in [7, 11) is -4.16. The summed E-state index contributed by atoms with van der Waals surface area (Å²) in [6.07, 6.45) is 0. The summed E-state index contributed by atoms with van der Waals surface area (Å²) in [5.74, 6) is -0.655. The molecule has 0 bridgehead atoms. The average Bonchev–Trinajstić information content (AvgIpc) is 3.05. The summed E-state index contributed by atoms with van der Waals surface area (Å²) < 4.78 is 35.1. The summed E-state index contributed by atoms with van der Waals surface area (Å²) in [5.41, 5.74) is 1.47. The third-order valence-electron chi connectivity index (χ3n) is 3.84. The van der Waals surface area contributed by atoms with Crippen molar-refractivity contribution in [3.63, 3.8) is 0 Å². The Morgan fingerprint density at radius 2 is 1.89 bits per heavy atom. The topological polar surface area (TPSA) is 90.3 Å². The molecule has 1 heterocycles. The van der Waals surface area contributed by atoms with E-state index in [1.165, 1.54) is 18.2 Å². The molecule has 0 saturated carbocycles. The monoisotopic (exact) mass is 463 g/mol. The summed E-state index contributed by atoms with van der Waals surface area (Å²) >= 11 is 3.24. The van der Waals surface area contributed by atoms with Crippen LogP contribution in [0.4, 0.5) is 0 Å². The molecule has 146 valence electrons. The van der Waals surface area contributed by atoms with Crippen LogP contribution in [0.25, 0.3) is 5.69 Å². The van der Waals surface area contributed by atoms with Gasteiger partial charge in [-0.2, -0.15) is 5.10 Å². The Bertz CT molecular complexity index is 1110. The van der Waals surface area contributed by atoms with Gasteiger partial charge in [0.25, 0.3) is 15.9 Å². The number of aryl methyl sites for hydroxylation is 1. The molecule has 0 fully saturated rings. The second-order valence-electron chi connectivity index (χ2n) is 5.88. The van der Waals surface area contributed by atoms with Crippen molar-refractivity contribution in [2.75, 3.05) is 6.61 Å². The number of carbonyl (C=O) groups is 1. The van der Waals surface area contributed by atoms with E-state index in [1.54, 1.807) is 24.6 Å². The molecule has 3 aromatic rings. The fourth-order valence-electron chi connectivity index (χ4n) is 2.61. The first-order chi connectivity index (χ1) is 13.3. The van der Waals surface area contributed by atoms with Crippen LogP contribution in [0.2, 0.25) is 0 Å². The fraction of sp³-hybridized carbons (Fsp3) is 0.158. The van der Waals surface area contributed by atoms with Gasteiger partial charge in [0.2, 0.25) is 0 Å². The lowest BCUT2D eigenvalue weighted by Gasteiger charge is -2.11. The average molecular weight is 464 g/mol. The maximum Gasteiger partial charge on any atom is 0.285 e.